The standard InChI is InChI=1S/C17H23N5O/c23-16(19-12-8-14-3-1-9-18-14)13-4-6-15(7-5-13)22-17-20-10-2-11-21-17/h1-3,9-11,13,15,18H,4-8,12H2,(H,19,23)(H,20,21,22). The van der Waals surface area contributed by atoms with Gasteiger partial charge in [-0.15, -0.1) is 0 Å². The summed E-state index contributed by atoms with van der Waals surface area (Å²) in [5.74, 6) is 0.991. The number of hydrogen-bond donors (Lipinski definition) is 3. The third kappa shape index (κ3) is 4.55. The van der Waals surface area contributed by atoms with E-state index in [9.17, 15) is 4.79 Å². The van der Waals surface area contributed by atoms with E-state index >= 15 is 0 Å². The molecule has 3 rings (SSSR count). The molecular weight excluding hydrogens is 290 g/mol. The molecule has 0 aromatic carbocycles. The summed E-state index contributed by atoms with van der Waals surface area (Å²) in [6.07, 6.45) is 10.0. The zero-order valence-corrected chi connectivity index (χ0v) is 13.2. The average molecular weight is 313 g/mol. The number of aromatic amines is 1. The fraction of sp³-hybridized carbons (Fsp3) is 0.471. The van der Waals surface area contributed by atoms with Crippen LogP contribution in [0.3, 0.4) is 0 Å². The Bertz CT molecular complexity index is 591. The van der Waals surface area contributed by atoms with E-state index < -0.39 is 0 Å². The van der Waals surface area contributed by atoms with E-state index in [0.29, 0.717) is 18.5 Å². The molecule has 1 saturated carbocycles. The lowest BCUT2D eigenvalue weighted by Gasteiger charge is -2.28. The van der Waals surface area contributed by atoms with Crippen molar-refractivity contribution >= 4 is 11.9 Å². The normalized spacial score (nSPS) is 20.9. The highest BCUT2D eigenvalue weighted by atomic mass is 16.1. The van der Waals surface area contributed by atoms with E-state index in [1.807, 2.05) is 18.3 Å². The second-order valence-corrected chi connectivity index (χ2v) is 6.00. The zero-order chi connectivity index (χ0) is 15.9. The van der Waals surface area contributed by atoms with Gasteiger partial charge in [0.2, 0.25) is 11.9 Å². The molecule has 0 bridgehead atoms. The van der Waals surface area contributed by atoms with Gasteiger partial charge in [-0.05, 0) is 43.9 Å². The summed E-state index contributed by atoms with van der Waals surface area (Å²) >= 11 is 0. The predicted molar refractivity (Wildman–Crippen MR) is 88.9 cm³/mol. The quantitative estimate of drug-likeness (QED) is 0.763. The summed E-state index contributed by atoms with van der Waals surface area (Å²) in [6.45, 7) is 0.690. The largest absolute Gasteiger partial charge is 0.365 e. The Kier molecular flexibility index (Phi) is 5.24. The number of rotatable bonds is 6. The summed E-state index contributed by atoms with van der Waals surface area (Å²) in [7, 11) is 0. The first-order valence-corrected chi connectivity index (χ1v) is 8.25. The number of nitrogens with zero attached hydrogens (tertiary/aromatic N) is 2. The molecule has 122 valence electrons. The molecule has 3 N–H and O–H groups in total. The first kappa shape index (κ1) is 15.5. The minimum Gasteiger partial charge on any atom is -0.365 e. The zero-order valence-electron chi connectivity index (χ0n) is 13.2. The molecule has 1 aliphatic rings. The molecule has 1 aliphatic carbocycles. The Morgan fingerprint density at radius 2 is 1.96 bits per heavy atom. The molecule has 1 amide bonds. The van der Waals surface area contributed by atoms with Crippen molar-refractivity contribution in [3.8, 4) is 0 Å². The molecule has 0 atom stereocenters. The van der Waals surface area contributed by atoms with Crippen molar-refractivity contribution in [1.29, 1.82) is 0 Å². The molecular formula is C17H23N5O. The highest BCUT2D eigenvalue weighted by Crippen LogP contribution is 2.26. The minimum absolute atomic E-state index is 0.133. The van der Waals surface area contributed by atoms with Gasteiger partial charge in [-0.3, -0.25) is 4.79 Å². The maximum absolute atomic E-state index is 12.2. The van der Waals surface area contributed by atoms with E-state index in [1.54, 1.807) is 18.5 Å². The van der Waals surface area contributed by atoms with Crippen molar-refractivity contribution in [2.24, 2.45) is 5.92 Å². The number of hydrogen-bond acceptors (Lipinski definition) is 4. The van der Waals surface area contributed by atoms with Gasteiger partial charge in [0.1, 0.15) is 0 Å². The molecule has 6 nitrogen and oxygen atoms in total. The third-order valence-electron chi connectivity index (χ3n) is 4.35. The van der Waals surface area contributed by atoms with E-state index in [-0.39, 0.29) is 11.8 Å². The molecule has 2 aromatic rings. The monoisotopic (exact) mass is 313 g/mol. The lowest BCUT2D eigenvalue weighted by molar-refractivity contribution is -0.125. The van der Waals surface area contributed by atoms with Gasteiger partial charge in [0.05, 0.1) is 0 Å². The van der Waals surface area contributed by atoms with Crippen LogP contribution in [0.2, 0.25) is 0 Å². The molecule has 23 heavy (non-hydrogen) atoms. The van der Waals surface area contributed by atoms with E-state index in [1.165, 1.54) is 0 Å². The van der Waals surface area contributed by atoms with Crippen LogP contribution in [0, 0.1) is 5.92 Å². The van der Waals surface area contributed by atoms with E-state index in [2.05, 4.69) is 25.6 Å². The maximum Gasteiger partial charge on any atom is 0.223 e. The molecule has 2 aromatic heterocycles. The van der Waals surface area contributed by atoms with Crippen LogP contribution in [0.4, 0.5) is 5.95 Å². The molecule has 0 aliphatic heterocycles. The van der Waals surface area contributed by atoms with Crippen molar-refractivity contribution in [2.75, 3.05) is 11.9 Å². The van der Waals surface area contributed by atoms with Gasteiger partial charge in [0, 0.05) is 49.2 Å². The number of H-pyrrole nitrogens is 1. The Morgan fingerprint density at radius 1 is 1.17 bits per heavy atom. The molecule has 0 spiro atoms. The summed E-state index contributed by atoms with van der Waals surface area (Å²) < 4.78 is 0. The van der Waals surface area contributed by atoms with Gasteiger partial charge >= 0.3 is 0 Å². The topological polar surface area (TPSA) is 82.7 Å². The van der Waals surface area contributed by atoms with Gasteiger partial charge < -0.3 is 15.6 Å². The lowest BCUT2D eigenvalue weighted by atomic mass is 9.85. The fourth-order valence-corrected chi connectivity index (χ4v) is 3.04. The molecule has 0 saturated heterocycles. The van der Waals surface area contributed by atoms with Crippen LogP contribution in [0.5, 0.6) is 0 Å². The predicted octanol–water partition coefficient (Wildman–Crippen LogP) is 2.13. The van der Waals surface area contributed by atoms with Crippen LogP contribution in [0.15, 0.2) is 36.8 Å². The number of aromatic nitrogens is 3. The number of nitrogens with one attached hydrogen (secondary N) is 3. The Labute approximate surface area is 136 Å². The Morgan fingerprint density at radius 3 is 2.65 bits per heavy atom. The highest BCUT2D eigenvalue weighted by Gasteiger charge is 2.26. The van der Waals surface area contributed by atoms with Gasteiger partial charge in [-0.2, -0.15) is 0 Å². The Hall–Kier alpha value is -2.37. The van der Waals surface area contributed by atoms with Crippen LogP contribution in [-0.2, 0) is 11.2 Å². The summed E-state index contributed by atoms with van der Waals surface area (Å²) in [6, 6.07) is 6.18. The molecule has 2 heterocycles. The molecule has 0 radical (unpaired) electrons. The molecule has 0 unspecified atom stereocenters. The molecule has 1 fully saturated rings. The van der Waals surface area contributed by atoms with Crippen LogP contribution >= 0.6 is 0 Å². The van der Waals surface area contributed by atoms with Crippen molar-refractivity contribution in [3.63, 3.8) is 0 Å². The SMILES string of the molecule is O=C(NCCc1ccc[nH]1)C1CCC(Nc2ncccn2)CC1. The number of carbonyl (C=O) groups is 1. The van der Waals surface area contributed by atoms with Gasteiger partial charge in [-0.1, -0.05) is 0 Å². The summed E-state index contributed by atoms with van der Waals surface area (Å²) in [5, 5.41) is 6.40. The average Bonchev–Trinajstić information content (AvgIpc) is 3.10. The lowest BCUT2D eigenvalue weighted by Crippen LogP contribution is -2.36. The van der Waals surface area contributed by atoms with Crippen molar-refractivity contribution in [1.82, 2.24) is 20.3 Å². The number of carbonyl (C=O) groups excluding carboxylic acids is 1. The van der Waals surface area contributed by atoms with E-state index in [4.69, 9.17) is 0 Å². The second kappa shape index (κ2) is 7.76. The van der Waals surface area contributed by atoms with Crippen molar-refractivity contribution in [3.05, 3.63) is 42.5 Å². The fourth-order valence-electron chi connectivity index (χ4n) is 3.04. The maximum atomic E-state index is 12.2. The van der Waals surface area contributed by atoms with E-state index in [0.717, 1.165) is 37.8 Å². The number of amides is 1. The second-order valence-electron chi connectivity index (χ2n) is 6.00. The van der Waals surface area contributed by atoms with Crippen molar-refractivity contribution < 1.29 is 4.79 Å². The van der Waals surface area contributed by atoms with Crippen LogP contribution in [0.1, 0.15) is 31.4 Å². The first-order chi connectivity index (χ1) is 11.3. The smallest absolute Gasteiger partial charge is 0.223 e. The van der Waals surface area contributed by atoms with Crippen molar-refractivity contribution in [2.45, 2.75) is 38.1 Å². The van der Waals surface area contributed by atoms with Crippen LogP contribution in [0.25, 0.3) is 0 Å². The minimum atomic E-state index is 0.133. The van der Waals surface area contributed by atoms with Crippen LogP contribution in [-0.4, -0.2) is 33.4 Å². The third-order valence-corrected chi connectivity index (χ3v) is 4.35. The highest BCUT2D eigenvalue weighted by molar-refractivity contribution is 5.78. The van der Waals surface area contributed by atoms with Gasteiger partial charge in [0.15, 0.2) is 0 Å². The van der Waals surface area contributed by atoms with Gasteiger partial charge in [0.25, 0.3) is 0 Å². The Balaban J connectivity index is 1.37. The molecule has 6 heteroatoms. The summed E-state index contributed by atoms with van der Waals surface area (Å²) in [4.78, 5) is 23.7. The van der Waals surface area contributed by atoms with Gasteiger partial charge in [-0.25, -0.2) is 9.97 Å². The summed E-state index contributed by atoms with van der Waals surface area (Å²) in [5.41, 5.74) is 1.15. The first-order valence-electron chi connectivity index (χ1n) is 8.25. The van der Waals surface area contributed by atoms with Crippen LogP contribution < -0.4 is 10.6 Å². The number of anilines is 1.